The van der Waals surface area contributed by atoms with Gasteiger partial charge in [-0.2, -0.15) is 0 Å². The van der Waals surface area contributed by atoms with Crippen LogP contribution in [-0.2, 0) is 6.54 Å². The lowest BCUT2D eigenvalue weighted by Gasteiger charge is -2.16. The molecule has 1 aliphatic carbocycles. The van der Waals surface area contributed by atoms with Crippen molar-refractivity contribution in [1.82, 2.24) is 4.90 Å². The first-order valence-electron chi connectivity index (χ1n) is 8.43. The molecule has 4 nitrogen and oxygen atoms in total. The third-order valence-corrected chi connectivity index (χ3v) is 4.83. The van der Waals surface area contributed by atoms with E-state index in [4.69, 9.17) is 0 Å². The Hall–Kier alpha value is -2.20. The van der Waals surface area contributed by atoms with Crippen LogP contribution in [0.4, 0.5) is 0 Å². The zero-order valence-electron chi connectivity index (χ0n) is 14.3. The predicted octanol–water partition coefficient (Wildman–Crippen LogP) is 3.84. The number of allylic oxidation sites excluding steroid dienone is 5. The molecule has 0 bridgehead atoms. The molecular formula is C20H24N2O2. The zero-order valence-corrected chi connectivity index (χ0v) is 14.3. The number of benzene rings is 1. The number of nitro groups is 1. The van der Waals surface area contributed by atoms with E-state index in [0.29, 0.717) is 6.54 Å². The largest absolute Gasteiger partial charge is 0.292 e. The standard InChI is InChI=1S/C20H24N2O2/c1-20(2)11-6-9-17(10-12-20)18-14-21(15-19(18)22(23)24)13-16-7-4-3-5-8-16/h3-12,18-19H,13-15H2,1-2H3. The third-order valence-electron chi connectivity index (χ3n) is 4.83. The summed E-state index contributed by atoms with van der Waals surface area (Å²) in [5.74, 6) is -0.0569. The number of hydrogen-bond acceptors (Lipinski definition) is 3. The van der Waals surface area contributed by atoms with Crippen LogP contribution in [0.25, 0.3) is 0 Å². The number of hydrogen-bond donors (Lipinski definition) is 0. The molecule has 126 valence electrons. The highest BCUT2D eigenvalue weighted by molar-refractivity contribution is 5.34. The number of likely N-dealkylation sites (tertiary alicyclic amines) is 1. The van der Waals surface area contributed by atoms with Gasteiger partial charge in [-0.1, -0.05) is 74.6 Å². The lowest BCUT2D eigenvalue weighted by molar-refractivity contribution is -0.524. The van der Waals surface area contributed by atoms with Crippen LogP contribution in [0.1, 0.15) is 19.4 Å². The van der Waals surface area contributed by atoms with Crippen LogP contribution in [0, 0.1) is 21.4 Å². The molecule has 4 heteroatoms. The highest BCUT2D eigenvalue weighted by atomic mass is 16.6. The van der Waals surface area contributed by atoms with Crippen LogP contribution in [0.15, 0.2) is 66.3 Å². The smallest absolute Gasteiger partial charge is 0.233 e. The van der Waals surface area contributed by atoms with E-state index in [1.165, 1.54) is 5.56 Å². The lowest BCUT2D eigenvalue weighted by atomic mass is 9.90. The van der Waals surface area contributed by atoms with Gasteiger partial charge in [0.25, 0.3) is 0 Å². The number of nitrogens with zero attached hydrogens (tertiary/aromatic N) is 2. The maximum atomic E-state index is 11.6. The van der Waals surface area contributed by atoms with Gasteiger partial charge in [0, 0.05) is 23.4 Å². The van der Waals surface area contributed by atoms with Gasteiger partial charge in [0.15, 0.2) is 0 Å². The molecule has 2 aliphatic rings. The number of rotatable bonds is 4. The molecule has 0 amide bonds. The van der Waals surface area contributed by atoms with E-state index in [-0.39, 0.29) is 16.3 Å². The minimum absolute atomic E-state index is 0.00923. The van der Waals surface area contributed by atoms with Gasteiger partial charge in [0.05, 0.1) is 12.5 Å². The Morgan fingerprint density at radius 2 is 1.96 bits per heavy atom. The summed E-state index contributed by atoms with van der Waals surface area (Å²) in [5.41, 5.74) is 2.26. The Morgan fingerprint density at radius 1 is 1.21 bits per heavy atom. The first kappa shape index (κ1) is 16.7. The van der Waals surface area contributed by atoms with Crippen molar-refractivity contribution in [3.8, 4) is 0 Å². The van der Waals surface area contributed by atoms with Crippen LogP contribution < -0.4 is 0 Å². The summed E-state index contributed by atoms with van der Waals surface area (Å²) in [6.45, 7) is 6.27. The van der Waals surface area contributed by atoms with Crippen molar-refractivity contribution in [3.05, 3.63) is 82.0 Å². The topological polar surface area (TPSA) is 46.4 Å². The molecule has 1 aromatic carbocycles. The molecule has 0 saturated carbocycles. The SMILES string of the molecule is CC1(C)C=CC=C(C2CN(Cc3ccccc3)CC2[N+](=O)[O-])C=C1. The van der Waals surface area contributed by atoms with Gasteiger partial charge in [-0.15, -0.1) is 0 Å². The molecule has 0 N–H and O–H groups in total. The summed E-state index contributed by atoms with van der Waals surface area (Å²) in [6.07, 6.45) is 10.4. The molecule has 0 spiro atoms. The van der Waals surface area contributed by atoms with Crippen LogP contribution in [0.3, 0.4) is 0 Å². The van der Waals surface area contributed by atoms with Gasteiger partial charge >= 0.3 is 0 Å². The van der Waals surface area contributed by atoms with Gasteiger partial charge in [0.1, 0.15) is 0 Å². The molecule has 1 heterocycles. The average Bonchev–Trinajstić information content (AvgIpc) is 2.86. The molecule has 2 atom stereocenters. The minimum Gasteiger partial charge on any atom is -0.292 e. The molecule has 1 aliphatic heterocycles. The van der Waals surface area contributed by atoms with Crippen molar-refractivity contribution >= 4 is 0 Å². The third kappa shape index (κ3) is 3.82. The molecule has 2 unspecified atom stereocenters. The predicted molar refractivity (Wildman–Crippen MR) is 96.1 cm³/mol. The van der Waals surface area contributed by atoms with E-state index in [2.05, 4.69) is 49.1 Å². The fourth-order valence-electron chi connectivity index (χ4n) is 3.45. The molecule has 1 fully saturated rings. The Balaban J connectivity index is 1.78. The summed E-state index contributed by atoms with van der Waals surface area (Å²) in [4.78, 5) is 13.7. The van der Waals surface area contributed by atoms with Crippen LogP contribution >= 0.6 is 0 Å². The van der Waals surface area contributed by atoms with Gasteiger partial charge in [-0.05, 0) is 11.1 Å². The molecule has 1 aromatic rings. The van der Waals surface area contributed by atoms with Crippen molar-refractivity contribution in [2.24, 2.45) is 11.3 Å². The fraction of sp³-hybridized carbons (Fsp3) is 0.400. The normalized spacial score (nSPS) is 26.2. The first-order chi connectivity index (χ1) is 11.4. The summed E-state index contributed by atoms with van der Waals surface area (Å²) >= 11 is 0. The van der Waals surface area contributed by atoms with Gasteiger partial charge < -0.3 is 0 Å². The molecule has 1 saturated heterocycles. The maximum absolute atomic E-state index is 11.6. The summed E-state index contributed by atoms with van der Waals surface area (Å²) in [6, 6.07) is 9.62. The van der Waals surface area contributed by atoms with Crippen LogP contribution in [0.5, 0.6) is 0 Å². The van der Waals surface area contributed by atoms with Crippen molar-refractivity contribution in [3.63, 3.8) is 0 Å². The molecule has 0 radical (unpaired) electrons. The van der Waals surface area contributed by atoms with E-state index >= 15 is 0 Å². The van der Waals surface area contributed by atoms with Crippen molar-refractivity contribution in [1.29, 1.82) is 0 Å². The highest BCUT2D eigenvalue weighted by Gasteiger charge is 2.42. The van der Waals surface area contributed by atoms with Crippen LogP contribution in [-0.4, -0.2) is 29.0 Å². The monoisotopic (exact) mass is 324 g/mol. The van der Waals surface area contributed by atoms with Gasteiger partial charge in [0.2, 0.25) is 6.04 Å². The lowest BCUT2D eigenvalue weighted by Crippen LogP contribution is -2.29. The second-order valence-electron chi connectivity index (χ2n) is 7.32. The van der Waals surface area contributed by atoms with E-state index in [1.54, 1.807) is 0 Å². The van der Waals surface area contributed by atoms with Crippen molar-refractivity contribution < 1.29 is 4.92 Å². The summed E-state index contributed by atoms with van der Waals surface area (Å²) < 4.78 is 0. The Morgan fingerprint density at radius 3 is 2.67 bits per heavy atom. The second kappa shape index (κ2) is 6.73. The highest BCUT2D eigenvalue weighted by Crippen LogP contribution is 2.31. The van der Waals surface area contributed by atoms with Gasteiger partial charge in [-0.25, -0.2) is 0 Å². The summed E-state index contributed by atoms with van der Waals surface area (Å²) in [5, 5.41) is 11.6. The summed E-state index contributed by atoms with van der Waals surface area (Å²) in [7, 11) is 0. The maximum Gasteiger partial charge on any atom is 0.233 e. The van der Waals surface area contributed by atoms with E-state index in [0.717, 1.165) is 18.7 Å². The molecule has 0 aromatic heterocycles. The van der Waals surface area contributed by atoms with Crippen molar-refractivity contribution in [2.75, 3.05) is 13.1 Å². The van der Waals surface area contributed by atoms with Crippen molar-refractivity contribution in [2.45, 2.75) is 26.4 Å². The molecular weight excluding hydrogens is 300 g/mol. The molecule has 3 rings (SSSR count). The average molecular weight is 324 g/mol. The minimum atomic E-state index is -0.542. The van der Waals surface area contributed by atoms with E-state index < -0.39 is 6.04 Å². The van der Waals surface area contributed by atoms with E-state index in [1.807, 2.05) is 30.4 Å². The Bertz CT molecular complexity index is 689. The second-order valence-corrected chi connectivity index (χ2v) is 7.32. The first-order valence-corrected chi connectivity index (χ1v) is 8.43. The molecule has 24 heavy (non-hydrogen) atoms. The van der Waals surface area contributed by atoms with E-state index in [9.17, 15) is 10.1 Å². The van der Waals surface area contributed by atoms with Crippen LogP contribution in [0.2, 0.25) is 0 Å². The fourth-order valence-corrected chi connectivity index (χ4v) is 3.45. The Labute approximate surface area is 143 Å². The quantitative estimate of drug-likeness (QED) is 0.624. The zero-order chi connectivity index (χ0) is 17.2. The Kier molecular flexibility index (Phi) is 4.67. The van der Waals surface area contributed by atoms with Gasteiger partial charge in [-0.3, -0.25) is 15.0 Å².